The summed E-state index contributed by atoms with van der Waals surface area (Å²) in [4.78, 5) is 47.5. The zero-order valence-electron chi connectivity index (χ0n) is 25.7. The molecule has 0 aliphatic heterocycles. The van der Waals surface area contributed by atoms with E-state index in [-0.39, 0.29) is 41.5 Å². The van der Waals surface area contributed by atoms with E-state index in [4.69, 9.17) is 9.15 Å². The third-order valence-corrected chi connectivity index (χ3v) is 8.08. The second-order valence-corrected chi connectivity index (χ2v) is 11.6. The van der Waals surface area contributed by atoms with Gasteiger partial charge in [0.15, 0.2) is 0 Å². The molecule has 0 bridgehead atoms. The third kappa shape index (κ3) is 8.19. The zero-order valence-corrected chi connectivity index (χ0v) is 25.7. The lowest BCUT2D eigenvalue weighted by atomic mass is 9.80. The average Bonchev–Trinajstić information content (AvgIpc) is 3.35. The van der Waals surface area contributed by atoms with Gasteiger partial charge in [-0.3, -0.25) is 19.3 Å². The number of aliphatic hydroxyl groups is 1. The highest BCUT2D eigenvalue weighted by atomic mass is 16.5. The highest BCUT2D eigenvalue weighted by Crippen LogP contribution is 2.36. The molecule has 43 heavy (non-hydrogen) atoms. The minimum absolute atomic E-state index is 0.0393. The van der Waals surface area contributed by atoms with Crippen LogP contribution in [0.5, 0.6) is 0 Å². The number of rotatable bonds is 12. The number of nitrogens with zero attached hydrogens (tertiary/aromatic N) is 3. The first kappa shape index (κ1) is 32.1. The van der Waals surface area contributed by atoms with Crippen molar-refractivity contribution in [3.05, 3.63) is 53.4 Å². The summed E-state index contributed by atoms with van der Waals surface area (Å²) in [5, 5.41) is 16.7. The van der Waals surface area contributed by atoms with Crippen LogP contribution >= 0.6 is 0 Å². The second-order valence-electron chi connectivity index (χ2n) is 11.6. The first-order valence-electron chi connectivity index (χ1n) is 14.7. The normalized spacial score (nSPS) is 17.6. The van der Waals surface area contributed by atoms with Crippen molar-refractivity contribution < 1.29 is 28.6 Å². The number of furan rings is 1. The predicted molar refractivity (Wildman–Crippen MR) is 165 cm³/mol. The number of fused-ring (bicyclic) bond motifs is 1. The van der Waals surface area contributed by atoms with Gasteiger partial charge >= 0.3 is 0 Å². The molecule has 0 saturated heterocycles. The van der Waals surface area contributed by atoms with Gasteiger partial charge in [0.05, 0.1) is 6.42 Å². The van der Waals surface area contributed by atoms with Gasteiger partial charge in [-0.2, -0.15) is 0 Å². The Morgan fingerprint density at radius 3 is 2.49 bits per heavy atom. The van der Waals surface area contributed by atoms with Crippen molar-refractivity contribution in [2.75, 3.05) is 52.0 Å². The van der Waals surface area contributed by atoms with E-state index >= 15 is 0 Å². The number of hydrogen-bond acceptors (Lipinski definition) is 8. The van der Waals surface area contributed by atoms with Crippen LogP contribution in [-0.2, 0) is 20.7 Å². The molecule has 3 N–H and O–H groups in total. The molecule has 1 aromatic carbocycles. The Labute approximate surface area is 252 Å². The van der Waals surface area contributed by atoms with Crippen molar-refractivity contribution in [1.29, 1.82) is 0 Å². The molecular formula is C32H43N5O6. The Morgan fingerprint density at radius 1 is 1.09 bits per heavy atom. The van der Waals surface area contributed by atoms with Crippen molar-refractivity contribution in [3.63, 3.8) is 0 Å². The molecule has 2 heterocycles. The van der Waals surface area contributed by atoms with Crippen LogP contribution in [0.3, 0.4) is 0 Å². The Hall–Kier alpha value is -3.80. The lowest BCUT2D eigenvalue weighted by Gasteiger charge is -2.33. The van der Waals surface area contributed by atoms with Gasteiger partial charge in [-0.25, -0.2) is 4.98 Å². The maximum Gasteiger partial charge on any atom is 0.294 e. The van der Waals surface area contributed by atoms with Crippen molar-refractivity contribution in [2.45, 2.75) is 51.7 Å². The van der Waals surface area contributed by atoms with E-state index in [1.807, 2.05) is 27.1 Å². The maximum absolute atomic E-state index is 13.5. The highest BCUT2D eigenvalue weighted by molar-refractivity contribution is 6.14. The van der Waals surface area contributed by atoms with Crippen LogP contribution in [0.25, 0.3) is 11.0 Å². The molecule has 2 aromatic heterocycles. The molecule has 1 saturated carbocycles. The van der Waals surface area contributed by atoms with E-state index in [0.29, 0.717) is 42.8 Å². The fourth-order valence-corrected chi connectivity index (χ4v) is 5.46. The standard InChI is InChI=1S/C32H43N5O6/c1-20-7-14-26(33-19-20)34-31(40)29-28(35-30(39)22-9-11-23(12-10-22)32(41)36(2)3)24-17-21(8-13-25(24)43-29)18-27(38)37(4)15-6-16-42-5/h7-8,13-14,17,19,22-23,32,41H,6,9-12,15-16,18H2,1-5H3,(H,35,39)(H,33,34,40). The number of ether oxygens (including phenoxy) is 1. The molecule has 0 spiro atoms. The van der Waals surface area contributed by atoms with Gasteiger partial charge < -0.3 is 29.8 Å². The van der Waals surface area contributed by atoms with Crippen LogP contribution in [-0.4, -0.2) is 85.2 Å². The zero-order chi connectivity index (χ0) is 31.1. The van der Waals surface area contributed by atoms with E-state index in [9.17, 15) is 19.5 Å². The van der Waals surface area contributed by atoms with Crippen LogP contribution in [0.4, 0.5) is 11.5 Å². The van der Waals surface area contributed by atoms with E-state index in [1.54, 1.807) is 54.4 Å². The van der Waals surface area contributed by atoms with E-state index in [1.165, 1.54) is 0 Å². The molecule has 1 fully saturated rings. The SMILES string of the molecule is COCCCN(C)C(=O)Cc1ccc2oc(C(=O)Nc3ccc(C)cn3)c(NC(=O)C3CCC(C(O)N(C)C)CC3)c2c1. The molecule has 3 amide bonds. The summed E-state index contributed by atoms with van der Waals surface area (Å²) in [6, 6.07) is 8.83. The molecule has 4 rings (SSSR count). The number of anilines is 2. The van der Waals surface area contributed by atoms with E-state index in [0.717, 1.165) is 30.4 Å². The first-order valence-corrected chi connectivity index (χ1v) is 14.7. The van der Waals surface area contributed by atoms with Gasteiger partial charge in [-0.05, 0) is 88.4 Å². The number of aryl methyl sites for hydroxylation is 1. The van der Waals surface area contributed by atoms with Gasteiger partial charge in [-0.1, -0.05) is 12.1 Å². The number of carbonyl (C=O) groups excluding carboxylic acids is 3. The van der Waals surface area contributed by atoms with Gasteiger partial charge in [0.25, 0.3) is 5.91 Å². The predicted octanol–water partition coefficient (Wildman–Crippen LogP) is 4.05. The molecule has 0 radical (unpaired) electrons. The van der Waals surface area contributed by atoms with Crippen LogP contribution in [0.1, 0.15) is 53.8 Å². The van der Waals surface area contributed by atoms with E-state index in [2.05, 4.69) is 15.6 Å². The van der Waals surface area contributed by atoms with Crippen LogP contribution < -0.4 is 10.6 Å². The number of nitrogens with one attached hydrogen (secondary N) is 2. The maximum atomic E-state index is 13.5. The third-order valence-electron chi connectivity index (χ3n) is 8.08. The Balaban J connectivity index is 1.58. The summed E-state index contributed by atoms with van der Waals surface area (Å²) in [6.07, 6.45) is 4.69. The highest BCUT2D eigenvalue weighted by Gasteiger charge is 2.32. The number of benzene rings is 1. The monoisotopic (exact) mass is 593 g/mol. The summed E-state index contributed by atoms with van der Waals surface area (Å²) in [5.41, 5.74) is 2.37. The summed E-state index contributed by atoms with van der Waals surface area (Å²) < 4.78 is 11.1. The fourth-order valence-electron chi connectivity index (χ4n) is 5.46. The van der Waals surface area contributed by atoms with Gasteiger partial charge in [0, 0.05) is 44.8 Å². The smallest absolute Gasteiger partial charge is 0.294 e. The number of likely N-dealkylation sites (N-methyl/N-ethyl adjacent to an activating group) is 1. The number of aromatic nitrogens is 1. The molecule has 1 aliphatic rings. The topological polar surface area (TPSA) is 137 Å². The Bertz CT molecular complexity index is 1410. The number of pyridine rings is 1. The number of hydrogen-bond donors (Lipinski definition) is 3. The van der Waals surface area contributed by atoms with Gasteiger partial charge in [0.2, 0.25) is 17.6 Å². The fraction of sp³-hybridized carbons (Fsp3) is 0.500. The second kappa shape index (κ2) is 14.6. The molecule has 11 nitrogen and oxygen atoms in total. The largest absolute Gasteiger partial charge is 0.449 e. The van der Waals surface area contributed by atoms with Crippen LogP contribution in [0, 0.1) is 18.8 Å². The number of carbonyl (C=O) groups is 3. The Kier molecular flexibility index (Phi) is 10.9. The van der Waals surface area contributed by atoms with Crippen molar-refractivity contribution in [3.8, 4) is 0 Å². The molecule has 1 aliphatic carbocycles. The van der Waals surface area contributed by atoms with Crippen molar-refractivity contribution >= 4 is 40.2 Å². The number of aliphatic hydroxyl groups excluding tert-OH is 1. The average molecular weight is 594 g/mol. The first-order chi connectivity index (χ1) is 20.6. The number of amides is 3. The molecule has 1 atom stereocenters. The quantitative estimate of drug-likeness (QED) is 0.211. The van der Waals surface area contributed by atoms with Crippen LogP contribution in [0.15, 0.2) is 40.9 Å². The van der Waals surface area contributed by atoms with Crippen LogP contribution in [0.2, 0.25) is 0 Å². The lowest BCUT2D eigenvalue weighted by Crippen LogP contribution is -2.38. The van der Waals surface area contributed by atoms with Gasteiger partial charge in [-0.15, -0.1) is 0 Å². The summed E-state index contributed by atoms with van der Waals surface area (Å²) >= 11 is 0. The summed E-state index contributed by atoms with van der Waals surface area (Å²) in [6.45, 7) is 3.05. The van der Waals surface area contributed by atoms with Crippen molar-refractivity contribution in [1.82, 2.24) is 14.8 Å². The summed E-state index contributed by atoms with van der Waals surface area (Å²) in [7, 11) is 7.07. The van der Waals surface area contributed by atoms with E-state index < -0.39 is 12.1 Å². The minimum atomic E-state index is -0.548. The molecule has 11 heteroatoms. The van der Waals surface area contributed by atoms with Crippen molar-refractivity contribution in [2.24, 2.45) is 11.8 Å². The molecular weight excluding hydrogens is 550 g/mol. The number of methoxy groups -OCH3 is 1. The molecule has 232 valence electrons. The molecule has 3 aromatic rings. The molecule has 1 unspecified atom stereocenters. The van der Waals surface area contributed by atoms with Gasteiger partial charge in [0.1, 0.15) is 23.3 Å². The summed E-state index contributed by atoms with van der Waals surface area (Å²) in [5.74, 6) is -0.653. The Morgan fingerprint density at radius 2 is 1.84 bits per heavy atom. The lowest BCUT2D eigenvalue weighted by molar-refractivity contribution is -0.129. The minimum Gasteiger partial charge on any atom is -0.449 e.